The van der Waals surface area contributed by atoms with E-state index < -0.39 is 24.1 Å². The summed E-state index contributed by atoms with van der Waals surface area (Å²) in [5.41, 5.74) is 4.14. The fraction of sp³-hybridized carbons (Fsp3) is 0.708. The molecule has 2 aromatic carbocycles. The lowest BCUT2D eigenvalue weighted by atomic mass is 9.78. The quantitative estimate of drug-likeness (QED) is 0.0884. The molecule has 2 saturated carbocycles. The molecule has 2 aliphatic rings. The van der Waals surface area contributed by atoms with Gasteiger partial charge in [0.05, 0.1) is 13.2 Å². The molecule has 0 radical (unpaired) electrons. The molecule has 0 amide bonds. The summed E-state index contributed by atoms with van der Waals surface area (Å²) in [6, 6.07) is 16.1. The third-order valence-electron chi connectivity index (χ3n) is 12.7. The standard InChI is InChI=1S/C48H74O6/c1-3-5-7-13-37-19-23-39(24-20-37)15-9-11-17-41-27-31-43(32-28-41)35-53-45(47(49)50)46(48(51)52)54-36-44-33-29-42(30-34-44)18-12-10-16-40-25-21-38(22-26-40)14-8-6-4-2/h27-34,37-40,45-46H,3-26,35-36H2,1-2H3,(H,49,50)(H,51,52)/t37?,38?,39?,40?,45-,46-/m1/s1. The van der Waals surface area contributed by atoms with E-state index in [9.17, 15) is 19.8 Å². The van der Waals surface area contributed by atoms with Gasteiger partial charge in [-0.2, -0.15) is 0 Å². The second-order valence-electron chi connectivity index (χ2n) is 17.0. The van der Waals surface area contributed by atoms with Gasteiger partial charge in [-0.05, 0) is 71.6 Å². The number of hydrogen-bond acceptors (Lipinski definition) is 4. The van der Waals surface area contributed by atoms with E-state index in [1.165, 1.54) is 152 Å². The Labute approximate surface area is 328 Å². The Morgan fingerprint density at radius 2 is 0.759 bits per heavy atom. The smallest absolute Gasteiger partial charge is 0.336 e. The van der Waals surface area contributed by atoms with Crippen molar-refractivity contribution in [2.75, 3.05) is 0 Å². The third kappa shape index (κ3) is 16.6. The molecule has 2 atom stereocenters. The van der Waals surface area contributed by atoms with Crippen molar-refractivity contribution in [3.8, 4) is 0 Å². The fourth-order valence-corrected chi connectivity index (χ4v) is 9.06. The zero-order valence-electron chi connectivity index (χ0n) is 34.0. The van der Waals surface area contributed by atoms with Crippen molar-refractivity contribution in [2.45, 2.75) is 193 Å². The van der Waals surface area contributed by atoms with Crippen LogP contribution in [0.15, 0.2) is 48.5 Å². The topological polar surface area (TPSA) is 93.1 Å². The first-order valence-electron chi connectivity index (χ1n) is 22.2. The Kier molecular flexibility index (Phi) is 20.8. The second-order valence-corrected chi connectivity index (χ2v) is 17.0. The molecule has 0 unspecified atom stereocenters. The predicted molar refractivity (Wildman–Crippen MR) is 220 cm³/mol. The minimum absolute atomic E-state index is 0.000511. The Balaban J connectivity index is 1.11. The summed E-state index contributed by atoms with van der Waals surface area (Å²) in [5.74, 6) is 1.04. The number of carboxylic acid groups (broad SMARTS) is 2. The number of ether oxygens (including phenoxy) is 2. The second kappa shape index (κ2) is 25.5. The van der Waals surface area contributed by atoms with Crippen LogP contribution >= 0.6 is 0 Å². The summed E-state index contributed by atoms with van der Waals surface area (Å²) in [6.07, 6.45) is 28.8. The number of unbranched alkanes of at least 4 members (excludes halogenated alkanes) is 6. The molecule has 0 aromatic heterocycles. The first kappa shape index (κ1) is 44.0. The van der Waals surface area contributed by atoms with E-state index in [4.69, 9.17) is 9.47 Å². The van der Waals surface area contributed by atoms with Gasteiger partial charge >= 0.3 is 11.9 Å². The van der Waals surface area contributed by atoms with Crippen LogP contribution < -0.4 is 0 Å². The molecular formula is C48H74O6. The maximum absolute atomic E-state index is 12.1. The first-order chi connectivity index (χ1) is 26.3. The zero-order valence-corrected chi connectivity index (χ0v) is 34.0. The summed E-state index contributed by atoms with van der Waals surface area (Å²) >= 11 is 0. The molecule has 54 heavy (non-hydrogen) atoms. The molecule has 2 fully saturated rings. The van der Waals surface area contributed by atoms with Crippen molar-refractivity contribution in [1.82, 2.24) is 0 Å². The van der Waals surface area contributed by atoms with E-state index in [0.29, 0.717) is 0 Å². The summed E-state index contributed by atoms with van der Waals surface area (Å²) in [4.78, 5) is 24.3. The van der Waals surface area contributed by atoms with Gasteiger partial charge in [0.2, 0.25) is 0 Å². The molecule has 2 N–H and O–H groups in total. The number of carboxylic acids is 2. The van der Waals surface area contributed by atoms with Gasteiger partial charge in [0.15, 0.2) is 12.2 Å². The van der Waals surface area contributed by atoms with Crippen molar-refractivity contribution < 1.29 is 29.3 Å². The molecule has 2 aliphatic carbocycles. The van der Waals surface area contributed by atoms with Gasteiger partial charge in [-0.15, -0.1) is 0 Å². The largest absolute Gasteiger partial charge is 0.479 e. The molecular weight excluding hydrogens is 673 g/mol. The molecule has 4 rings (SSSR count). The normalized spacial score (nSPS) is 21.4. The molecule has 0 bridgehead atoms. The number of aryl methyl sites for hydroxylation is 2. The Morgan fingerprint density at radius 1 is 0.481 bits per heavy atom. The van der Waals surface area contributed by atoms with E-state index in [2.05, 4.69) is 38.1 Å². The number of aliphatic carboxylic acids is 2. The summed E-state index contributed by atoms with van der Waals surface area (Å²) in [6.45, 7) is 4.57. The number of rotatable bonds is 27. The molecule has 302 valence electrons. The average molecular weight is 747 g/mol. The lowest BCUT2D eigenvalue weighted by molar-refractivity contribution is -0.179. The molecule has 6 heteroatoms. The monoisotopic (exact) mass is 747 g/mol. The highest BCUT2D eigenvalue weighted by Gasteiger charge is 2.36. The zero-order chi connectivity index (χ0) is 38.4. The van der Waals surface area contributed by atoms with Crippen LogP contribution in [0.25, 0.3) is 0 Å². The number of hydrogen-bond donors (Lipinski definition) is 2. The lowest BCUT2D eigenvalue weighted by Crippen LogP contribution is -2.43. The van der Waals surface area contributed by atoms with E-state index >= 15 is 0 Å². The number of carbonyl (C=O) groups is 2. The molecule has 2 aromatic rings. The van der Waals surface area contributed by atoms with Crippen LogP contribution in [-0.2, 0) is 45.1 Å². The van der Waals surface area contributed by atoms with Crippen molar-refractivity contribution in [2.24, 2.45) is 23.7 Å². The average Bonchev–Trinajstić information content (AvgIpc) is 3.18. The van der Waals surface area contributed by atoms with Crippen LogP contribution in [0.1, 0.15) is 177 Å². The van der Waals surface area contributed by atoms with E-state index in [1.54, 1.807) is 0 Å². The fourth-order valence-electron chi connectivity index (χ4n) is 9.06. The Morgan fingerprint density at radius 3 is 1.04 bits per heavy atom. The van der Waals surface area contributed by atoms with Gasteiger partial charge in [0.25, 0.3) is 0 Å². The minimum Gasteiger partial charge on any atom is -0.479 e. The molecule has 0 heterocycles. The van der Waals surface area contributed by atoms with Crippen LogP contribution in [0.4, 0.5) is 0 Å². The van der Waals surface area contributed by atoms with Crippen LogP contribution in [0.3, 0.4) is 0 Å². The summed E-state index contributed by atoms with van der Waals surface area (Å²) in [7, 11) is 0. The highest BCUT2D eigenvalue weighted by Crippen LogP contribution is 2.36. The van der Waals surface area contributed by atoms with E-state index in [1.807, 2.05) is 24.3 Å². The highest BCUT2D eigenvalue weighted by atomic mass is 16.6. The minimum atomic E-state index is -1.62. The van der Waals surface area contributed by atoms with Gasteiger partial charge in [-0.1, -0.05) is 191 Å². The Bertz CT molecular complexity index is 1190. The lowest BCUT2D eigenvalue weighted by Gasteiger charge is -2.28. The summed E-state index contributed by atoms with van der Waals surface area (Å²) < 4.78 is 11.4. The van der Waals surface area contributed by atoms with Crippen molar-refractivity contribution in [3.63, 3.8) is 0 Å². The molecule has 0 aliphatic heterocycles. The van der Waals surface area contributed by atoms with Gasteiger partial charge in [0, 0.05) is 0 Å². The van der Waals surface area contributed by atoms with Crippen molar-refractivity contribution in [3.05, 3.63) is 70.8 Å². The SMILES string of the molecule is CCCCCC1CCC(CCCCc2ccc(CO[C@@H](C(=O)O)[C@@H](OCc3ccc(CCCCC4CCC(CCCCC)CC4)cc3)C(=O)O)cc2)CC1. The van der Waals surface area contributed by atoms with Gasteiger partial charge in [-0.3, -0.25) is 0 Å². The van der Waals surface area contributed by atoms with Crippen LogP contribution in [0, 0.1) is 23.7 Å². The van der Waals surface area contributed by atoms with Crippen molar-refractivity contribution in [1.29, 1.82) is 0 Å². The third-order valence-corrected chi connectivity index (χ3v) is 12.7. The molecule has 0 spiro atoms. The molecule has 6 nitrogen and oxygen atoms in total. The number of benzene rings is 2. The van der Waals surface area contributed by atoms with E-state index in [-0.39, 0.29) is 13.2 Å². The van der Waals surface area contributed by atoms with Gasteiger partial charge < -0.3 is 19.7 Å². The van der Waals surface area contributed by atoms with Crippen LogP contribution in [0.2, 0.25) is 0 Å². The maximum atomic E-state index is 12.1. The predicted octanol–water partition coefficient (Wildman–Crippen LogP) is 12.5. The van der Waals surface area contributed by atoms with Crippen molar-refractivity contribution >= 4 is 11.9 Å². The van der Waals surface area contributed by atoms with Gasteiger partial charge in [-0.25, -0.2) is 9.59 Å². The van der Waals surface area contributed by atoms with E-state index in [0.717, 1.165) is 47.6 Å². The Hall–Kier alpha value is -2.70. The summed E-state index contributed by atoms with van der Waals surface area (Å²) in [5, 5.41) is 19.8. The molecule has 0 saturated heterocycles. The van der Waals surface area contributed by atoms with Crippen LogP contribution in [-0.4, -0.2) is 34.4 Å². The van der Waals surface area contributed by atoms with Crippen LogP contribution in [0.5, 0.6) is 0 Å². The maximum Gasteiger partial charge on any atom is 0.336 e. The highest BCUT2D eigenvalue weighted by molar-refractivity contribution is 5.83. The van der Waals surface area contributed by atoms with Gasteiger partial charge in [0.1, 0.15) is 0 Å². The first-order valence-corrected chi connectivity index (χ1v) is 22.2.